The van der Waals surface area contributed by atoms with Crippen molar-refractivity contribution in [2.75, 3.05) is 0 Å². The van der Waals surface area contributed by atoms with Crippen LogP contribution in [-0.4, -0.2) is 0 Å². The van der Waals surface area contributed by atoms with E-state index in [1.807, 2.05) is 68.0 Å². The fourth-order valence-corrected chi connectivity index (χ4v) is 13.0. The molecule has 0 unspecified atom stereocenters. The minimum atomic E-state index is 1.23. The molecule has 206 valence electrons. The zero-order valence-electron chi connectivity index (χ0n) is 23.1. The molecule has 40 heavy (non-hydrogen) atoms. The van der Waals surface area contributed by atoms with Crippen LogP contribution in [0.2, 0.25) is 0 Å². The predicted molar refractivity (Wildman–Crippen MR) is 190 cm³/mol. The Kier molecular flexibility index (Phi) is 8.18. The zero-order valence-corrected chi connectivity index (χ0v) is 28.0. The first-order valence-corrected chi connectivity index (χ1v) is 19.7. The van der Waals surface area contributed by atoms with Crippen LogP contribution in [0, 0.1) is 0 Å². The molecule has 0 fully saturated rings. The maximum atomic E-state index is 2.48. The summed E-state index contributed by atoms with van der Waals surface area (Å²) in [5.74, 6) is 0. The summed E-state index contributed by atoms with van der Waals surface area (Å²) in [4.78, 5) is 5.98. The number of thiophene rings is 6. The van der Waals surface area contributed by atoms with Crippen LogP contribution in [0.15, 0.2) is 47.2 Å². The van der Waals surface area contributed by atoms with E-state index in [-0.39, 0.29) is 0 Å². The van der Waals surface area contributed by atoms with E-state index in [0.29, 0.717) is 0 Å². The lowest BCUT2D eigenvalue weighted by molar-refractivity contribution is 0.670. The first-order chi connectivity index (χ1) is 19.7. The predicted octanol–water partition coefficient (Wildman–Crippen LogP) is 14.2. The van der Waals surface area contributed by atoms with Crippen LogP contribution in [0.4, 0.5) is 0 Å². The average Bonchev–Trinajstić information content (AvgIpc) is 3.77. The standard InChI is InChI=1S/C34H34S6/c1-3-5-7-9-11-21-17-25-27(37-21)19-29(39-25)31-23-13-15-36-34(23)32(24-14-16-35-33(24)31)30-20-28-26(40-30)18-22(38-28)12-10-8-6-4-2/h13-20H,3-12H2,1-2H3. The summed E-state index contributed by atoms with van der Waals surface area (Å²) >= 11 is 11.9. The second-order valence-corrected chi connectivity index (χ2v) is 17.1. The van der Waals surface area contributed by atoms with Crippen LogP contribution in [0.3, 0.4) is 0 Å². The smallest absolute Gasteiger partial charge is 0.0460 e. The van der Waals surface area contributed by atoms with Crippen molar-refractivity contribution in [2.45, 2.75) is 78.1 Å². The van der Waals surface area contributed by atoms with Gasteiger partial charge >= 0.3 is 0 Å². The summed E-state index contributed by atoms with van der Waals surface area (Å²) in [5, 5.41) is 7.46. The third-order valence-electron chi connectivity index (χ3n) is 7.89. The fourth-order valence-electron chi connectivity index (χ4n) is 5.85. The molecule has 0 nitrogen and oxygen atoms in total. The van der Waals surface area contributed by atoms with Crippen LogP contribution in [0.25, 0.3) is 59.9 Å². The van der Waals surface area contributed by atoms with E-state index < -0.39 is 0 Å². The third kappa shape index (κ3) is 5.14. The number of hydrogen-bond donors (Lipinski definition) is 0. The van der Waals surface area contributed by atoms with Crippen LogP contribution >= 0.6 is 68.0 Å². The van der Waals surface area contributed by atoms with Gasteiger partial charge in [0.2, 0.25) is 0 Å². The molecule has 0 N–H and O–H groups in total. The highest BCUT2D eigenvalue weighted by molar-refractivity contribution is 7.31. The van der Waals surface area contributed by atoms with E-state index in [9.17, 15) is 0 Å². The molecular weight excluding hydrogens is 601 g/mol. The average molecular weight is 635 g/mol. The molecule has 6 aromatic heterocycles. The van der Waals surface area contributed by atoms with E-state index >= 15 is 0 Å². The molecule has 1 aromatic carbocycles. The van der Waals surface area contributed by atoms with Crippen molar-refractivity contribution in [3.05, 3.63) is 56.9 Å². The molecule has 0 saturated heterocycles. The molecule has 6 heterocycles. The molecule has 0 atom stereocenters. The summed E-state index contributed by atoms with van der Waals surface area (Å²) in [6, 6.07) is 14.6. The Balaban J connectivity index is 1.24. The van der Waals surface area contributed by atoms with Gasteiger partial charge in [0.15, 0.2) is 0 Å². The third-order valence-corrected chi connectivity index (χ3v) is 14.5. The Morgan fingerprint density at radius 3 is 1.38 bits per heavy atom. The Bertz CT molecular complexity index is 1650. The quantitative estimate of drug-likeness (QED) is 0.117. The van der Waals surface area contributed by atoms with Gasteiger partial charge in [0, 0.05) is 69.6 Å². The number of benzene rings is 1. The van der Waals surface area contributed by atoms with Gasteiger partial charge in [0.1, 0.15) is 0 Å². The van der Waals surface area contributed by atoms with Gasteiger partial charge in [0.25, 0.3) is 0 Å². The van der Waals surface area contributed by atoms with Crippen molar-refractivity contribution < 1.29 is 0 Å². The van der Waals surface area contributed by atoms with Crippen LogP contribution < -0.4 is 0 Å². The van der Waals surface area contributed by atoms with E-state index in [0.717, 1.165) is 0 Å². The largest absolute Gasteiger partial charge is 0.143 e. The van der Waals surface area contributed by atoms with Crippen LogP contribution in [0.1, 0.15) is 75.0 Å². The number of hydrogen-bond acceptors (Lipinski definition) is 6. The molecule has 0 aliphatic heterocycles. The first-order valence-electron chi connectivity index (χ1n) is 14.7. The van der Waals surface area contributed by atoms with Crippen molar-refractivity contribution in [1.29, 1.82) is 0 Å². The van der Waals surface area contributed by atoms with E-state index in [1.165, 1.54) is 124 Å². The van der Waals surface area contributed by atoms with Gasteiger partial charge in [-0.3, -0.25) is 0 Å². The van der Waals surface area contributed by atoms with Gasteiger partial charge in [-0.1, -0.05) is 52.4 Å². The molecule has 7 rings (SSSR count). The van der Waals surface area contributed by atoms with E-state index in [2.05, 4.69) is 61.0 Å². The summed E-state index contributed by atoms with van der Waals surface area (Å²) in [7, 11) is 0. The van der Waals surface area contributed by atoms with Crippen molar-refractivity contribution >= 4 is 107 Å². The highest BCUT2D eigenvalue weighted by Gasteiger charge is 2.22. The lowest BCUT2D eigenvalue weighted by Gasteiger charge is -2.09. The second kappa shape index (κ2) is 12.0. The van der Waals surface area contributed by atoms with Gasteiger partial charge < -0.3 is 0 Å². The maximum absolute atomic E-state index is 2.48. The summed E-state index contributed by atoms with van der Waals surface area (Å²) in [6.45, 7) is 4.58. The molecule has 6 heteroatoms. The Morgan fingerprint density at radius 1 is 0.500 bits per heavy atom. The Hall–Kier alpha value is -1.54. The van der Waals surface area contributed by atoms with Crippen LogP contribution in [-0.2, 0) is 12.8 Å². The topological polar surface area (TPSA) is 0 Å². The first kappa shape index (κ1) is 27.3. The van der Waals surface area contributed by atoms with E-state index in [4.69, 9.17) is 0 Å². The summed E-state index contributed by atoms with van der Waals surface area (Å²) in [5.41, 5.74) is 2.91. The fraction of sp³-hybridized carbons (Fsp3) is 0.353. The SMILES string of the molecule is CCCCCCc1cc2sc(-c3c4ccsc4c(-c4cc5sc(CCCCCC)cc5s4)c4ccsc34)cc2s1. The minimum absolute atomic E-state index is 1.23. The normalized spacial score (nSPS) is 12.2. The van der Waals surface area contributed by atoms with Gasteiger partial charge in [0.05, 0.1) is 0 Å². The number of unbranched alkanes of at least 4 members (excludes halogenated alkanes) is 6. The number of aryl methyl sites for hydroxylation is 2. The summed E-state index contributed by atoms with van der Waals surface area (Å²) in [6.07, 6.45) is 13.2. The van der Waals surface area contributed by atoms with E-state index in [1.54, 1.807) is 9.75 Å². The van der Waals surface area contributed by atoms with Crippen molar-refractivity contribution in [3.63, 3.8) is 0 Å². The van der Waals surface area contributed by atoms with Crippen LogP contribution in [0.5, 0.6) is 0 Å². The highest BCUT2D eigenvalue weighted by Crippen LogP contribution is 2.52. The van der Waals surface area contributed by atoms with Crippen molar-refractivity contribution in [3.8, 4) is 20.9 Å². The maximum Gasteiger partial charge on any atom is 0.0460 e. The van der Waals surface area contributed by atoms with Gasteiger partial charge in [-0.25, -0.2) is 0 Å². The highest BCUT2D eigenvalue weighted by atomic mass is 32.1. The Morgan fingerprint density at radius 2 is 0.950 bits per heavy atom. The second-order valence-electron chi connectivity index (χ2n) is 10.8. The molecular formula is C34H34S6. The molecule has 0 bridgehead atoms. The van der Waals surface area contributed by atoms with Crippen molar-refractivity contribution in [1.82, 2.24) is 0 Å². The molecule has 0 amide bonds. The molecule has 0 spiro atoms. The lowest BCUT2D eigenvalue weighted by atomic mass is 10.0. The number of fused-ring (bicyclic) bond motifs is 4. The molecule has 7 aromatic rings. The van der Waals surface area contributed by atoms with Crippen molar-refractivity contribution in [2.24, 2.45) is 0 Å². The van der Waals surface area contributed by atoms with Gasteiger partial charge in [-0.15, -0.1) is 68.0 Å². The van der Waals surface area contributed by atoms with Gasteiger partial charge in [-0.05, 0) is 72.8 Å². The Labute approximate surface area is 260 Å². The summed E-state index contributed by atoms with van der Waals surface area (Å²) < 4.78 is 8.75. The minimum Gasteiger partial charge on any atom is -0.143 e. The molecule has 0 saturated carbocycles. The monoisotopic (exact) mass is 634 g/mol. The zero-order chi connectivity index (χ0) is 27.1. The molecule has 0 aliphatic carbocycles. The molecule has 0 aliphatic rings. The lowest BCUT2D eigenvalue weighted by Crippen LogP contribution is -1.82. The van der Waals surface area contributed by atoms with Gasteiger partial charge in [-0.2, -0.15) is 0 Å². The number of rotatable bonds is 12. The molecule has 0 radical (unpaired) electrons.